The van der Waals surface area contributed by atoms with Gasteiger partial charge in [-0.05, 0) is 12.8 Å². The Labute approximate surface area is 111 Å². The Bertz CT molecular complexity index is 425. The Morgan fingerprint density at radius 2 is 2.16 bits per heavy atom. The van der Waals surface area contributed by atoms with E-state index in [2.05, 4.69) is 0 Å². The van der Waals surface area contributed by atoms with Crippen LogP contribution >= 0.6 is 0 Å². The van der Waals surface area contributed by atoms with Crippen LogP contribution in [0.25, 0.3) is 0 Å². The Morgan fingerprint density at radius 1 is 1.47 bits per heavy atom. The molecule has 19 heavy (non-hydrogen) atoms. The largest absolute Gasteiger partial charge is 0.378 e. The van der Waals surface area contributed by atoms with Gasteiger partial charge in [-0.15, -0.1) is 0 Å². The van der Waals surface area contributed by atoms with Crippen molar-refractivity contribution < 1.29 is 19.5 Å². The number of β-amino-alcohol motifs (C(OH)–C–C–N with tert-alkyl or cyclic N) is 1. The maximum atomic E-state index is 12.3. The molecule has 7 heteroatoms. The standard InChI is InChI=1S/C12H19N3O4/c1-14-6-8(5-9(14)16)10(17)15-4-2-3-12(19,7-15)11(13)18/h8,19H,2-7H2,1H3,(H2,13,18). The van der Waals surface area contributed by atoms with E-state index < -0.39 is 11.5 Å². The molecule has 3 amide bonds. The minimum absolute atomic E-state index is 0.0551. The molecule has 0 bridgehead atoms. The second-order valence-electron chi connectivity index (χ2n) is 5.43. The highest BCUT2D eigenvalue weighted by atomic mass is 16.3. The van der Waals surface area contributed by atoms with Crippen LogP contribution in [0.15, 0.2) is 0 Å². The minimum atomic E-state index is -1.64. The number of carbonyl (C=O) groups excluding carboxylic acids is 3. The lowest BCUT2D eigenvalue weighted by Gasteiger charge is -2.38. The zero-order valence-corrected chi connectivity index (χ0v) is 11.0. The lowest BCUT2D eigenvalue weighted by atomic mass is 9.91. The van der Waals surface area contributed by atoms with Crippen molar-refractivity contribution in [3.8, 4) is 0 Å². The van der Waals surface area contributed by atoms with Crippen LogP contribution in [0.2, 0.25) is 0 Å². The first-order valence-corrected chi connectivity index (χ1v) is 6.38. The number of amides is 3. The first kappa shape index (κ1) is 13.8. The third-order valence-corrected chi connectivity index (χ3v) is 3.93. The summed E-state index contributed by atoms with van der Waals surface area (Å²) in [6.07, 6.45) is 0.998. The van der Waals surface area contributed by atoms with Crippen LogP contribution in [0, 0.1) is 5.92 Å². The van der Waals surface area contributed by atoms with Crippen molar-refractivity contribution in [2.24, 2.45) is 11.7 Å². The highest BCUT2D eigenvalue weighted by Crippen LogP contribution is 2.25. The molecular weight excluding hydrogens is 250 g/mol. The molecule has 7 nitrogen and oxygen atoms in total. The van der Waals surface area contributed by atoms with Gasteiger partial charge >= 0.3 is 0 Å². The molecule has 0 aromatic carbocycles. The number of nitrogens with zero attached hydrogens (tertiary/aromatic N) is 2. The van der Waals surface area contributed by atoms with E-state index in [1.807, 2.05) is 0 Å². The molecule has 0 spiro atoms. The molecule has 2 atom stereocenters. The average Bonchev–Trinajstić information content (AvgIpc) is 2.68. The summed E-state index contributed by atoms with van der Waals surface area (Å²) in [7, 11) is 1.66. The number of rotatable bonds is 2. The van der Waals surface area contributed by atoms with Crippen molar-refractivity contribution in [1.82, 2.24) is 9.80 Å². The van der Waals surface area contributed by atoms with E-state index in [-0.39, 0.29) is 37.1 Å². The summed E-state index contributed by atoms with van der Waals surface area (Å²) in [6, 6.07) is 0. The molecule has 0 aromatic heterocycles. The number of aliphatic hydroxyl groups is 1. The smallest absolute Gasteiger partial charge is 0.251 e. The molecule has 2 saturated heterocycles. The minimum Gasteiger partial charge on any atom is -0.378 e. The summed E-state index contributed by atoms with van der Waals surface area (Å²) in [4.78, 5) is 37.9. The molecule has 0 saturated carbocycles. The topological polar surface area (TPSA) is 104 Å². The predicted molar refractivity (Wildman–Crippen MR) is 65.7 cm³/mol. The fourth-order valence-electron chi connectivity index (χ4n) is 2.71. The number of nitrogens with two attached hydrogens (primary N) is 1. The van der Waals surface area contributed by atoms with Gasteiger partial charge in [-0.2, -0.15) is 0 Å². The Kier molecular flexibility index (Phi) is 3.49. The van der Waals surface area contributed by atoms with Crippen LogP contribution in [0.3, 0.4) is 0 Å². The monoisotopic (exact) mass is 269 g/mol. The summed E-state index contributed by atoms with van der Waals surface area (Å²) in [5.74, 6) is -1.42. The van der Waals surface area contributed by atoms with E-state index in [1.54, 1.807) is 7.05 Å². The van der Waals surface area contributed by atoms with Crippen LogP contribution < -0.4 is 5.73 Å². The zero-order valence-electron chi connectivity index (χ0n) is 11.0. The average molecular weight is 269 g/mol. The maximum absolute atomic E-state index is 12.3. The summed E-state index contributed by atoms with van der Waals surface area (Å²) < 4.78 is 0. The number of primary amides is 1. The van der Waals surface area contributed by atoms with Crippen molar-refractivity contribution in [2.45, 2.75) is 24.9 Å². The van der Waals surface area contributed by atoms with E-state index in [1.165, 1.54) is 9.80 Å². The zero-order chi connectivity index (χ0) is 14.2. The summed E-state index contributed by atoms with van der Waals surface area (Å²) in [5.41, 5.74) is 3.54. The highest BCUT2D eigenvalue weighted by molar-refractivity contribution is 5.90. The Morgan fingerprint density at radius 3 is 2.68 bits per heavy atom. The SMILES string of the molecule is CN1CC(C(=O)N2CCCC(O)(C(N)=O)C2)CC1=O. The molecular formula is C12H19N3O4. The number of piperidine rings is 1. The van der Waals surface area contributed by atoms with E-state index in [4.69, 9.17) is 5.73 Å². The van der Waals surface area contributed by atoms with E-state index in [9.17, 15) is 19.5 Å². The lowest BCUT2D eigenvalue weighted by molar-refractivity contribution is -0.151. The molecule has 3 N–H and O–H groups in total. The maximum Gasteiger partial charge on any atom is 0.251 e. The van der Waals surface area contributed by atoms with Gasteiger partial charge in [-0.25, -0.2) is 0 Å². The van der Waals surface area contributed by atoms with E-state index in [0.717, 1.165) is 0 Å². The third-order valence-electron chi connectivity index (χ3n) is 3.93. The van der Waals surface area contributed by atoms with Crippen LogP contribution in [-0.2, 0) is 14.4 Å². The number of carbonyl (C=O) groups is 3. The fourth-order valence-corrected chi connectivity index (χ4v) is 2.71. The van der Waals surface area contributed by atoms with Crippen molar-refractivity contribution in [1.29, 1.82) is 0 Å². The molecule has 2 rings (SSSR count). The normalized spacial score (nSPS) is 31.7. The van der Waals surface area contributed by atoms with Crippen LogP contribution in [0.1, 0.15) is 19.3 Å². The van der Waals surface area contributed by atoms with Crippen molar-refractivity contribution in [3.63, 3.8) is 0 Å². The molecule has 2 unspecified atom stereocenters. The molecule has 0 aromatic rings. The summed E-state index contributed by atoms with van der Waals surface area (Å²) >= 11 is 0. The van der Waals surface area contributed by atoms with Gasteiger partial charge < -0.3 is 20.6 Å². The van der Waals surface area contributed by atoms with Gasteiger partial charge in [-0.3, -0.25) is 14.4 Å². The van der Waals surface area contributed by atoms with Crippen LogP contribution in [0.5, 0.6) is 0 Å². The van der Waals surface area contributed by atoms with Gasteiger partial charge in [0.2, 0.25) is 11.8 Å². The molecule has 2 heterocycles. The van der Waals surface area contributed by atoms with Gasteiger partial charge in [-0.1, -0.05) is 0 Å². The number of hydrogen-bond donors (Lipinski definition) is 2. The first-order chi connectivity index (χ1) is 8.83. The van der Waals surface area contributed by atoms with Gasteiger partial charge in [0.25, 0.3) is 5.91 Å². The molecule has 2 aliphatic rings. The second kappa shape index (κ2) is 4.80. The van der Waals surface area contributed by atoms with Crippen molar-refractivity contribution in [3.05, 3.63) is 0 Å². The van der Waals surface area contributed by atoms with Crippen molar-refractivity contribution in [2.75, 3.05) is 26.7 Å². The Hall–Kier alpha value is -1.63. The van der Waals surface area contributed by atoms with E-state index in [0.29, 0.717) is 19.5 Å². The molecule has 106 valence electrons. The van der Waals surface area contributed by atoms with Gasteiger partial charge in [0.1, 0.15) is 0 Å². The number of hydrogen-bond acceptors (Lipinski definition) is 4. The predicted octanol–water partition coefficient (Wildman–Crippen LogP) is -1.70. The van der Waals surface area contributed by atoms with E-state index >= 15 is 0 Å². The quantitative estimate of drug-likeness (QED) is 0.623. The number of likely N-dealkylation sites (tertiary alicyclic amines) is 2. The lowest BCUT2D eigenvalue weighted by Crippen LogP contribution is -2.58. The molecule has 2 aliphatic heterocycles. The molecule has 2 fully saturated rings. The summed E-state index contributed by atoms with van der Waals surface area (Å²) in [6.45, 7) is 0.807. The molecule has 0 aliphatic carbocycles. The third kappa shape index (κ3) is 2.56. The van der Waals surface area contributed by atoms with Gasteiger partial charge in [0.05, 0.1) is 12.5 Å². The fraction of sp³-hybridized carbons (Fsp3) is 0.750. The van der Waals surface area contributed by atoms with Crippen LogP contribution in [-0.4, -0.2) is 64.9 Å². The second-order valence-corrected chi connectivity index (χ2v) is 5.43. The highest BCUT2D eigenvalue weighted by Gasteiger charge is 2.43. The van der Waals surface area contributed by atoms with Crippen molar-refractivity contribution >= 4 is 17.7 Å². The molecule has 0 radical (unpaired) electrons. The van der Waals surface area contributed by atoms with Gasteiger partial charge in [0, 0.05) is 26.6 Å². The Balaban J connectivity index is 2.04. The van der Waals surface area contributed by atoms with Gasteiger partial charge in [0.15, 0.2) is 5.60 Å². The first-order valence-electron chi connectivity index (χ1n) is 6.38. The van der Waals surface area contributed by atoms with Crippen LogP contribution in [0.4, 0.5) is 0 Å². The summed E-state index contributed by atoms with van der Waals surface area (Å²) in [5, 5.41) is 10.1.